The Bertz CT molecular complexity index is 345. The van der Waals surface area contributed by atoms with E-state index in [1.807, 2.05) is 0 Å². The van der Waals surface area contributed by atoms with Crippen LogP contribution >= 0.6 is 0 Å². The fourth-order valence-corrected chi connectivity index (χ4v) is 2.36. The molecule has 0 heterocycles. The second-order valence-electron chi connectivity index (χ2n) is 5.79. The number of nitrogens with zero attached hydrogens (tertiary/aromatic N) is 2. The highest BCUT2D eigenvalue weighted by Gasteiger charge is 2.02. The molecule has 0 bridgehead atoms. The van der Waals surface area contributed by atoms with E-state index in [2.05, 4.69) is 62.0 Å². The number of hydrogen-bond acceptors (Lipinski definition) is 2. The summed E-state index contributed by atoms with van der Waals surface area (Å²) in [5.74, 6) is 0. The van der Waals surface area contributed by atoms with Gasteiger partial charge >= 0.3 is 0 Å². The van der Waals surface area contributed by atoms with Gasteiger partial charge in [-0.05, 0) is 57.1 Å². The molecule has 0 N–H and O–H groups in total. The second-order valence-corrected chi connectivity index (χ2v) is 5.79. The zero-order valence-corrected chi connectivity index (χ0v) is 13.9. The van der Waals surface area contributed by atoms with Crippen molar-refractivity contribution >= 4 is 5.69 Å². The molecule has 0 spiro atoms. The first-order valence-corrected chi connectivity index (χ1v) is 8.16. The van der Waals surface area contributed by atoms with Gasteiger partial charge in [0, 0.05) is 19.3 Å². The van der Waals surface area contributed by atoms with Gasteiger partial charge in [0.1, 0.15) is 0 Å². The molecule has 1 rings (SSSR count). The minimum atomic E-state index is 1.12. The van der Waals surface area contributed by atoms with Gasteiger partial charge in [0.15, 0.2) is 0 Å². The Labute approximate surface area is 125 Å². The number of rotatable bonds is 10. The SMILES string of the molecule is CCCCCc1ccc(N(C)CCCN(C)CC)cc1. The Morgan fingerprint density at radius 3 is 2.15 bits per heavy atom. The Kier molecular flexibility index (Phi) is 8.36. The van der Waals surface area contributed by atoms with E-state index in [1.165, 1.54) is 49.9 Å². The van der Waals surface area contributed by atoms with Crippen LogP contribution in [0.25, 0.3) is 0 Å². The van der Waals surface area contributed by atoms with E-state index in [-0.39, 0.29) is 0 Å². The van der Waals surface area contributed by atoms with Crippen molar-refractivity contribution in [2.45, 2.75) is 46.0 Å². The molecule has 2 nitrogen and oxygen atoms in total. The highest BCUT2D eigenvalue weighted by Crippen LogP contribution is 2.15. The van der Waals surface area contributed by atoms with E-state index < -0.39 is 0 Å². The number of unbranched alkanes of at least 4 members (excludes halogenated alkanes) is 2. The Morgan fingerprint density at radius 2 is 1.55 bits per heavy atom. The summed E-state index contributed by atoms with van der Waals surface area (Å²) in [6.07, 6.45) is 6.40. The van der Waals surface area contributed by atoms with Crippen LogP contribution in [-0.4, -0.2) is 38.6 Å². The third-order valence-corrected chi connectivity index (χ3v) is 4.02. The largest absolute Gasteiger partial charge is 0.375 e. The maximum absolute atomic E-state index is 2.37. The fraction of sp³-hybridized carbons (Fsp3) is 0.667. The maximum atomic E-state index is 2.37. The van der Waals surface area contributed by atoms with Gasteiger partial charge in [-0.25, -0.2) is 0 Å². The van der Waals surface area contributed by atoms with Gasteiger partial charge in [0.05, 0.1) is 0 Å². The van der Waals surface area contributed by atoms with Crippen molar-refractivity contribution < 1.29 is 0 Å². The summed E-state index contributed by atoms with van der Waals surface area (Å²) in [6, 6.07) is 9.12. The molecule has 114 valence electrons. The van der Waals surface area contributed by atoms with E-state index in [1.54, 1.807) is 0 Å². The van der Waals surface area contributed by atoms with Crippen LogP contribution in [0.1, 0.15) is 45.1 Å². The van der Waals surface area contributed by atoms with Crippen molar-refractivity contribution in [1.29, 1.82) is 0 Å². The summed E-state index contributed by atoms with van der Waals surface area (Å²) in [7, 11) is 4.38. The number of anilines is 1. The van der Waals surface area contributed by atoms with Crippen LogP contribution in [0.5, 0.6) is 0 Å². The molecule has 0 amide bonds. The maximum Gasteiger partial charge on any atom is 0.0363 e. The lowest BCUT2D eigenvalue weighted by molar-refractivity contribution is 0.349. The topological polar surface area (TPSA) is 6.48 Å². The molecule has 1 aromatic rings. The van der Waals surface area contributed by atoms with Crippen molar-refractivity contribution in [2.75, 3.05) is 38.6 Å². The lowest BCUT2D eigenvalue weighted by atomic mass is 10.1. The predicted molar refractivity (Wildman–Crippen MR) is 90.7 cm³/mol. The normalized spacial score (nSPS) is 11.1. The molecule has 0 aliphatic carbocycles. The van der Waals surface area contributed by atoms with Gasteiger partial charge in [0.25, 0.3) is 0 Å². The highest BCUT2D eigenvalue weighted by atomic mass is 15.1. The van der Waals surface area contributed by atoms with E-state index in [0.717, 1.165) is 13.1 Å². The molecular formula is C18H32N2. The molecule has 0 aliphatic rings. The first kappa shape index (κ1) is 17.0. The molecule has 20 heavy (non-hydrogen) atoms. The van der Waals surface area contributed by atoms with Crippen molar-refractivity contribution in [2.24, 2.45) is 0 Å². The van der Waals surface area contributed by atoms with E-state index in [9.17, 15) is 0 Å². The summed E-state index contributed by atoms with van der Waals surface area (Å²) >= 11 is 0. The van der Waals surface area contributed by atoms with Gasteiger partial charge in [-0.3, -0.25) is 0 Å². The Balaban J connectivity index is 2.35. The number of benzene rings is 1. The second kappa shape index (κ2) is 9.82. The van der Waals surface area contributed by atoms with Gasteiger partial charge in [-0.15, -0.1) is 0 Å². The van der Waals surface area contributed by atoms with Crippen LogP contribution in [0, 0.1) is 0 Å². The zero-order valence-electron chi connectivity index (χ0n) is 13.9. The third-order valence-electron chi connectivity index (χ3n) is 4.02. The molecule has 1 aromatic carbocycles. The van der Waals surface area contributed by atoms with Crippen LogP contribution in [0.15, 0.2) is 24.3 Å². The quantitative estimate of drug-likeness (QED) is 0.591. The van der Waals surface area contributed by atoms with Crippen molar-refractivity contribution in [3.05, 3.63) is 29.8 Å². The smallest absolute Gasteiger partial charge is 0.0363 e. The molecule has 2 heteroatoms. The first-order valence-electron chi connectivity index (χ1n) is 8.16. The van der Waals surface area contributed by atoms with Gasteiger partial charge in [0.2, 0.25) is 0 Å². The van der Waals surface area contributed by atoms with Crippen molar-refractivity contribution in [3.8, 4) is 0 Å². The highest BCUT2D eigenvalue weighted by molar-refractivity contribution is 5.46. The van der Waals surface area contributed by atoms with E-state index in [0.29, 0.717) is 0 Å². The van der Waals surface area contributed by atoms with Gasteiger partial charge in [-0.1, -0.05) is 38.8 Å². The zero-order chi connectivity index (χ0) is 14.8. The first-order chi connectivity index (χ1) is 9.67. The Hall–Kier alpha value is -1.02. The van der Waals surface area contributed by atoms with Crippen LogP contribution in [0.2, 0.25) is 0 Å². The van der Waals surface area contributed by atoms with Crippen LogP contribution < -0.4 is 4.90 Å². The summed E-state index contributed by atoms with van der Waals surface area (Å²) in [4.78, 5) is 4.73. The van der Waals surface area contributed by atoms with Crippen molar-refractivity contribution in [3.63, 3.8) is 0 Å². The standard InChI is InChI=1S/C18H32N2/c1-5-7-8-10-17-11-13-18(14-12-17)20(4)16-9-15-19(3)6-2/h11-14H,5-10,15-16H2,1-4H3. The lowest BCUT2D eigenvalue weighted by Crippen LogP contribution is -2.25. The summed E-state index contributed by atoms with van der Waals surface area (Å²) in [6.45, 7) is 7.90. The van der Waals surface area contributed by atoms with Gasteiger partial charge in [-0.2, -0.15) is 0 Å². The van der Waals surface area contributed by atoms with Crippen LogP contribution in [-0.2, 0) is 6.42 Å². The molecule has 0 aromatic heterocycles. The van der Waals surface area contributed by atoms with Gasteiger partial charge < -0.3 is 9.80 Å². The molecule has 0 saturated heterocycles. The molecule has 0 atom stereocenters. The minimum absolute atomic E-state index is 1.12. The van der Waals surface area contributed by atoms with Crippen LogP contribution in [0.3, 0.4) is 0 Å². The predicted octanol–water partition coefficient (Wildman–Crippen LogP) is 4.20. The summed E-state index contributed by atoms with van der Waals surface area (Å²) in [5.41, 5.74) is 2.81. The van der Waals surface area contributed by atoms with E-state index in [4.69, 9.17) is 0 Å². The van der Waals surface area contributed by atoms with E-state index >= 15 is 0 Å². The number of hydrogen-bond donors (Lipinski definition) is 0. The molecule has 0 fully saturated rings. The lowest BCUT2D eigenvalue weighted by Gasteiger charge is -2.21. The monoisotopic (exact) mass is 276 g/mol. The number of aryl methyl sites for hydroxylation is 1. The molecule has 0 aliphatic heterocycles. The minimum Gasteiger partial charge on any atom is -0.375 e. The summed E-state index contributed by atoms with van der Waals surface area (Å²) < 4.78 is 0. The summed E-state index contributed by atoms with van der Waals surface area (Å²) in [5, 5.41) is 0. The average Bonchev–Trinajstić information content (AvgIpc) is 2.48. The molecule has 0 radical (unpaired) electrons. The third kappa shape index (κ3) is 6.42. The molecular weight excluding hydrogens is 244 g/mol. The van der Waals surface area contributed by atoms with Crippen molar-refractivity contribution in [1.82, 2.24) is 4.90 Å². The molecule has 0 unspecified atom stereocenters. The Morgan fingerprint density at radius 1 is 0.850 bits per heavy atom. The molecule has 0 saturated carbocycles. The van der Waals surface area contributed by atoms with Crippen LogP contribution in [0.4, 0.5) is 5.69 Å². The average molecular weight is 276 g/mol. The fourth-order valence-electron chi connectivity index (χ4n) is 2.36.